The average molecular weight is 249 g/mol. The number of nitrogens with one attached hydrogen (secondary N) is 1. The normalized spacial score (nSPS) is 32.4. The first-order chi connectivity index (χ1) is 8.33. The predicted molar refractivity (Wildman–Crippen MR) is 70.3 cm³/mol. The van der Waals surface area contributed by atoms with Gasteiger partial charge in [0.15, 0.2) is 5.78 Å². The fraction of sp³-hybridized carbons (Fsp3) is 0.643. The van der Waals surface area contributed by atoms with Crippen LogP contribution in [0.3, 0.4) is 0 Å². The molecular weight excluding hydrogens is 230 g/mol. The summed E-state index contributed by atoms with van der Waals surface area (Å²) in [6, 6.07) is 2.81. The second-order valence-electron chi connectivity index (χ2n) is 5.38. The molecule has 0 bridgehead atoms. The molecule has 0 spiro atoms. The van der Waals surface area contributed by atoms with Crippen LogP contribution in [0, 0.1) is 5.92 Å². The van der Waals surface area contributed by atoms with Gasteiger partial charge in [0.05, 0.1) is 6.04 Å². The molecule has 1 saturated heterocycles. The van der Waals surface area contributed by atoms with Crippen molar-refractivity contribution in [2.45, 2.75) is 50.6 Å². The van der Waals surface area contributed by atoms with Crippen molar-refractivity contribution < 1.29 is 4.79 Å². The predicted octanol–water partition coefficient (Wildman–Crippen LogP) is 2.78. The number of carbonyl (C=O) groups excluding carboxylic acids is 1. The van der Waals surface area contributed by atoms with E-state index in [0.29, 0.717) is 18.2 Å². The summed E-state index contributed by atoms with van der Waals surface area (Å²) < 4.78 is 0. The number of ketones is 1. The number of rotatable bonds is 3. The van der Waals surface area contributed by atoms with Crippen LogP contribution < -0.4 is 5.32 Å². The van der Waals surface area contributed by atoms with Crippen LogP contribution in [-0.2, 0) is 11.2 Å². The lowest BCUT2D eigenvalue weighted by atomic mass is 9.84. The molecule has 3 unspecified atom stereocenters. The van der Waals surface area contributed by atoms with Gasteiger partial charge in [-0.15, -0.1) is 0 Å². The van der Waals surface area contributed by atoms with E-state index in [0.717, 1.165) is 12.3 Å². The highest BCUT2D eigenvalue weighted by Crippen LogP contribution is 2.33. The Morgan fingerprint density at radius 3 is 3.06 bits per heavy atom. The summed E-state index contributed by atoms with van der Waals surface area (Å²) in [6.45, 7) is 0. The van der Waals surface area contributed by atoms with Crippen LogP contribution in [-0.4, -0.2) is 17.9 Å². The molecule has 3 rings (SSSR count). The van der Waals surface area contributed by atoms with Crippen molar-refractivity contribution in [3.63, 3.8) is 0 Å². The van der Waals surface area contributed by atoms with Crippen LogP contribution in [0.1, 0.15) is 37.7 Å². The Labute approximate surface area is 106 Å². The molecule has 0 amide bonds. The molecule has 1 aromatic heterocycles. The van der Waals surface area contributed by atoms with Crippen molar-refractivity contribution >= 4 is 17.1 Å². The van der Waals surface area contributed by atoms with Gasteiger partial charge in [0, 0.05) is 12.5 Å². The van der Waals surface area contributed by atoms with E-state index in [2.05, 4.69) is 16.8 Å². The van der Waals surface area contributed by atoms with Crippen LogP contribution >= 0.6 is 11.3 Å². The molecule has 2 heterocycles. The van der Waals surface area contributed by atoms with E-state index in [1.807, 2.05) is 5.38 Å². The molecule has 0 radical (unpaired) electrons. The number of Topliss-reactive ketones (excluding diaryl/α,β-unsaturated/α-hetero) is 1. The highest BCUT2D eigenvalue weighted by molar-refractivity contribution is 7.08. The summed E-state index contributed by atoms with van der Waals surface area (Å²) >= 11 is 1.67. The largest absolute Gasteiger partial charge is 0.304 e. The lowest BCUT2D eigenvalue weighted by molar-refractivity contribution is -0.120. The van der Waals surface area contributed by atoms with Gasteiger partial charge in [0.1, 0.15) is 0 Å². The summed E-state index contributed by atoms with van der Waals surface area (Å²) in [5, 5.41) is 7.69. The van der Waals surface area contributed by atoms with Gasteiger partial charge in [0.25, 0.3) is 0 Å². The SMILES string of the molecule is O=C(Cc1ccsc1)C1CC2CCCCC2N1. The summed E-state index contributed by atoms with van der Waals surface area (Å²) in [5.41, 5.74) is 1.18. The maximum atomic E-state index is 12.2. The molecule has 2 fully saturated rings. The minimum absolute atomic E-state index is 0.128. The second-order valence-corrected chi connectivity index (χ2v) is 6.16. The highest BCUT2D eigenvalue weighted by atomic mass is 32.1. The second kappa shape index (κ2) is 4.91. The van der Waals surface area contributed by atoms with Gasteiger partial charge in [-0.3, -0.25) is 4.79 Å². The first-order valence-corrected chi connectivity index (χ1v) is 7.57. The zero-order valence-electron chi connectivity index (χ0n) is 10.0. The van der Waals surface area contributed by atoms with Crippen molar-refractivity contribution in [3.8, 4) is 0 Å². The van der Waals surface area contributed by atoms with Gasteiger partial charge in [0.2, 0.25) is 0 Å². The van der Waals surface area contributed by atoms with Crippen molar-refractivity contribution in [2.24, 2.45) is 5.92 Å². The molecule has 3 atom stereocenters. The van der Waals surface area contributed by atoms with Crippen molar-refractivity contribution in [1.82, 2.24) is 5.32 Å². The van der Waals surface area contributed by atoms with E-state index in [-0.39, 0.29) is 6.04 Å². The van der Waals surface area contributed by atoms with Gasteiger partial charge in [-0.25, -0.2) is 0 Å². The third kappa shape index (κ3) is 2.45. The standard InChI is InChI=1S/C14H19NOS/c16-14(7-10-5-6-17-9-10)13-8-11-3-1-2-4-12(11)15-13/h5-6,9,11-13,15H,1-4,7-8H2. The molecule has 2 nitrogen and oxygen atoms in total. The van der Waals surface area contributed by atoms with Gasteiger partial charge in [-0.2, -0.15) is 11.3 Å². The van der Waals surface area contributed by atoms with Gasteiger partial charge in [-0.05, 0) is 47.6 Å². The quantitative estimate of drug-likeness (QED) is 0.892. The molecular formula is C14H19NOS. The molecule has 1 aliphatic heterocycles. The van der Waals surface area contributed by atoms with Crippen LogP contribution in [0.2, 0.25) is 0 Å². The number of hydrogen-bond acceptors (Lipinski definition) is 3. The van der Waals surface area contributed by atoms with Crippen LogP contribution in [0.4, 0.5) is 0 Å². The average Bonchev–Trinajstić information content (AvgIpc) is 2.96. The van der Waals surface area contributed by atoms with Crippen molar-refractivity contribution in [1.29, 1.82) is 0 Å². The molecule has 1 aromatic rings. The maximum absolute atomic E-state index is 12.2. The van der Waals surface area contributed by atoms with Crippen LogP contribution in [0.5, 0.6) is 0 Å². The van der Waals surface area contributed by atoms with Gasteiger partial charge >= 0.3 is 0 Å². The molecule has 0 aromatic carbocycles. The number of carbonyl (C=O) groups is 1. The van der Waals surface area contributed by atoms with Crippen LogP contribution in [0.25, 0.3) is 0 Å². The number of hydrogen-bond donors (Lipinski definition) is 1. The first-order valence-electron chi connectivity index (χ1n) is 6.63. The number of fused-ring (bicyclic) bond motifs is 1. The third-order valence-electron chi connectivity index (χ3n) is 4.21. The summed E-state index contributed by atoms with van der Waals surface area (Å²) in [4.78, 5) is 12.2. The Bertz CT molecular complexity index is 373. The van der Waals surface area contributed by atoms with Crippen molar-refractivity contribution in [3.05, 3.63) is 22.4 Å². The minimum Gasteiger partial charge on any atom is -0.304 e. The highest BCUT2D eigenvalue weighted by Gasteiger charge is 2.37. The Hall–Kier alpha value is -0.670. The zero-order valence-corrected chi connectivity index (χ0v) is 10.8. The Morgan fingerprint density at radius 2 is 2.29 bits per heavy atom. The first kappa shape index (κ1) is 11.4. The van der Waals surface area contributed by atoms with E-state index in [1.54, 1.807) is 11.3 Å². The van der Waals surface area contributed by atoms with E-state index >= 15 is 0 Å². The van der Waals surface area contributed by atoms with Crippen LogP contribution in [0.15, 0.2) is 16.8 Å². The van der Waals surface area contributed by atoms with E-state index < -0.39 is 0 Å². The molecule has 17 heavy (non-hydrogen) atoms. The monoisotopic (exact) mass is 249 g/mol. The van der Waals surface area contributed by atoms with Gasteiger partial charge < -0.3 is 5.32 Å². The summed E-state index contributed by atoms with van der Waals surface area (Å²) in [7, 11) is 0. The zero-order chi connectivity index (χ0) is 11.7. The Balaban J connectivity index is 1.60. The van der Waals surface area contributed by atoms with E-state index in [4.69, 9.17) is 0 Å². The molecule has 92 valence electrons. The Morgan fingerprint density at radius 1 is 1.41 bits per heavy atom. The minimum atomic E-state index is 0.128. The fourth-order valence-electron chi connectivity index (χ4n) is 3.28. The molecule has 1 aliphatic carbocycles. The summed E-state index contributed by atoms with van der Waals surface area (Å²) in [6.07, 6.45) is 6.97. The fourth-order valence-corrected chi connectivity index (χ4v) is 3.95. The maximum Gasteiger partial charge on any atom is 0.154 e. The number of thiophene rings is 1. The summed E-state index contributed by atoms with van der Waals surface area (Å²) in [5.74, 6) is 1.15. The molecule has 1 N–H and O–H groups in total. The smallest absolute Gasteiger partial charge is 0.154 e. The van der Waals surface area contributed by atoms with Crippen molar-refractivity contribution in [2.75, 3.05) is 0 Å². The van der Waals surface area contributed by atoms with Gasteiger partial charge in [-0.1, -0.05) is 12.8 Å². The third-order valence-corrected chi connectivity index (χ3v) is 4.94. The Kier molecular flexibility index (Phi) is 3.30. The van der Waals surface area contributed by atoms with E-state index in [1.165, 1.54) is 31.2 Å². The lowest BCUT2D eigenvalue weighted by Crippen LogP contribution is -2.37. The van der Waals surface area contributed by atoms with E-state index in [9.17, 15) is 4.79 Å². The molecule has 3 heteroatoms. The molecule has 1 saturated carbocycles. The topological polar surface area (TPSA) is 29.1 Å². The lowest BCUT2D eigenvalue weighted by Gasteiger charge is -2.24. The molecule has 2 aliphatic rings.